The molecule has 0 saturated carbocycles. The van der Waals surface area contributed by atoms with E-state index in [1.165, 1.54) is 0 Å². The van der Waals surface area contributed by atoms with Crippen LogP contribution in [0, 0.1) is 13.8 Å². The Morgan fingerprint density at radius 2 is 2.22 bits per heavy atom. The summed E-state index contributed by atoms with van der Waals surface area (Å²) in [6.45, 7) is 3.96. The summed E-state index contributed by atoms with van der Waals surface area (Å²) in [6, 6.07) is 1.99. The molecule has 0 spiro atoms. The van der Waals surface area contributed by atoms with E-state index in [2.05, 4.69) is 25.3 Å². The molecule has 0 radical (unpaired) electrons. The maximum absolute atomic E-state index is 4.43. The number of fused-ring (bicyclic) bond motifs is 1. The molecule has 0 atom stereocenters. The number of aryl methyl sites for hydroxylation is 2. The smallest absolute Gasteiger partial charge is 0.253 e. The Hall–Kier alpha value is -1.89. The highest BCUT2D eigenvalue weighted by Crippen LogP contribution is 2.19. The van der Waals surface area contributed by atoms with Crippen LogP contribution in [0.4, 0.5) is 0 Å². The number of H-pyrrole nitrogens is 1. The van der Waals surface area contributed by atoms with Crippen LogP contribution in [0.15, 0.2) is 23.6 Å². The Morgan fingerprint density at radius 3 is 3.00 bits per heavy atom. The number of aromatic amines is 1. The normalized spacial score (nSPS) is 11.2. The highest BCUT2D eigenvalue weighted by Gasteiger charge is 2.08. The molecule has 3 aromatic rings. The lowest BCUT2D eigenvalue weighted by atomic mass is 10.4. The summed E-state index contributed by atoms with van der Waals surface area (Å²) in [4.78, 5) is 8.77. The molecule has 92 valence electrons. The molecule has 3 rings (SSSR count). The Balaban J connectivity index is 1.87. The molecule has 0 aliphatic carbocycles. The zero-order chi connectivity index (χ0) is 12.5. The first-order valence-electron chi connectivity index (χ1n) is 5.54. The Bertz CT molecular complexity index is 672. The van der Waals surface area contributed by atoms with Crippen LogP contribution in [0.3, 0.4) is 0 Å². The second-order valence-corrected chi connectivity index (χ2v) is 4.98. The van der Waals surface area contributed by atoms with E-state index in [4.69, 9.17) is 0 Å². The number of rotatable bonds is 3. The zero-order valence-electron chi connectivity index (χ0n) is 10.1. The molecule has 0 aliphatic heterocycles. The van der Waals surface area contributed by atoms with E-state index in [9.17, 15) is 0 Å². The molecule has 3 heterocycles. The Kier molecular flexibility index (Phi) is 2.75. The minimum atomic E-state index is 0.655. The maximum atomic E-state index is 4.43. The molecule has 0 saturated heterocycles. The summed E-state index contributed by atoms with van der Waals surface area (Å²) >= 11 is 1.58. The van der Waals surface area contributed by atoms with Crippen molar-refractivity contribution in [2.24, 2.45) is 0 Å². The highest BCUT2D eigenvalue weighted by atomic mass is 32.2. The predicted molar refractivity (Wildman–Crippen MR) is 68.4 cm³/mol. The molecule has 18 heavy (non-hydrogen) atoms. The number of nitrogens with zero attached hydrogens (tertiary/aromatic N) is 5. The molecule has 6 nitrogen and oxygen atoms in total. The van der Waals surface area contributed by atoms with Crippen LogP contribution >= 0.6 is 11.8 Å². The third-order valence-electron chi connectivity index (χ3n) is 2.52. The fraction of sp³-hybridized carbons (Fsp3) is 0.273. The Labute approximate surface area is 108 Å². The lowest BCUT2D eigenvalue weighted by Gasteiger charge is -1.97. The van der Waals surface area contributed by atoms with Gasteiger partial charge in [-0.25, -0.2) is 9.50 Å². The van der Waals surface area contributed by atoms with Crippen LogP contribution in [0.1, 0.15) is 17.0 Å². The van der Waals surface area contributed by atoms with E-state index in [-0.39, 0.29) is 0 Å². The van der Waals surface area contributed by atoms with Crippen molar-refractivity contribution in [2.75, 3.05) is 0 Å². The van der Waals surface area contributed by atoms with E-state index in [0.29, 0.717) is 5.78 Å². The molecule has 0 aliphatic rings. The van der Waals surface area contributed by atoms with Gasteiger partial charge >= 0.3 is 0 Å². The summed E-state index contributed by atoms with van der Waals surface area (Å²) in [5, 5.41) is 11.9. The Morgan fingerprint density at radius 1 is 1.33 bits per heavy atom. The molecule has 0 bridgehead atoms. The van der Waals surface area contributed by atoms with Gasteiger partial charge in [0.2, 0.25) is 5.16 Å². The first kappa shape index (κ1) is 11.2. The van der Waals surface area contributed by atoms with Crippen molar-refractivity contribution in [3.05, 3.63) is 35.4 Å². The van der Waals surface area contributed by atoms with Crippen LogP contribution in [-0.4, -0.2) is 29.8 Å². The van der Waals surface area contributed by atoms with Gasteiger partial charge in [-0.1, -0.05) is 11.8 Å². The molecule has 0 fully saturated rings. The van der Waals surface area contributed by atoms with E-state index in [1.807, 2.05) is 26.1 Å². The number of thioether (sulfide) groups is 1. The molecule has 3 aromatic heterocycles. The van der Waals surface area contributed by atoms with E-state index in [0.717, 1.165) is 27.9 Å². The van der Waals surface area contributed by atoms with Gasteiger partial charge in [-0.2, -0.15) is 10.1 Å². The molecule has 1 N–H and O–H groups in total. The summed E-state index contributed by atoms with van der Waals surface area (Å²) in [5.41, 5.74) is 3.12. The van der Waals surface area contributed by atoms with Gasteiger partial charge in [-0.15, -0.1) is 5.10 Å². The van der Waals surface area contributed by atoms with Gasteiger partial charge in [0.25, 0.3) is 5.78 Å². The first-order chi connectivity index (χ1) is 8.72. The van der Waals surface area contributed by atoms with Crippen LogP contribution in [0.5, 0.6) is 0 Å². The lowest BCUT2D eigenvalue weighted by molar-refractivity contribution is 0.843. The highest BCUT2D eigenvalue weighted by molar-refractivity contribution is 7.98. The predicted octanol–water partition coefficient (Wildman–Crippen LogP) is 1.76. The summed E-state index contributed by atoms with van der Waals surface area (Å²) in [5.74, 6) is 1.45. The lowest BCUT2D eigenvalue weighted by Crippen LogP contribution is -1.97. The second kappa shape index (κ2) is 4.41. The van der Waals surface area contributed by atoms with Crippen molar-refractivity contribution in [2.45, 2.75) is 24.8 Å². The van der Waals surface area contributed by atoms with Gasteiger partial charge < -0.3 is 0 Å². The van der Waals surface area contributed by atoms with E-state index < -0.39 is 0 Å². The zero-order valence-corrected chi connectivity index (χ0v) is 10.9. The van der Waals surface area contributed by atoms with Gasteiger partial charge in [0, 0.05) is 28.9 Å². The average molecular weight is 260 g/mol. The third-order valence-corrected chi connectivity index (χ3v) is 3.43. The largest absolute Gasteiger partial charge is 0.285 e. The average Bonchev–Trinajstić information content (AvgIpc) is 2.93. The molecule has 0 unspecified atom stereocenters. The van der Waals surface area contributed by atoms with Crippen LogP contribution in [-0.2, 0) is 5.75 Å². The van der Waals surface area contributed by atoms with Crippen molar-refractivity contribution in [3.8, 4) is 0 Å². The fourth-order valence-corrected chi connectivity index (χ4v) is 2.45. The quantitative estimate of drug-likeness (QED) is 0.726. The summed E-state index contributed by atoms with van der Waals surface area (Å²) < 4.78 is 1.77. The van der Waals surface area contributed by atoms with Gasteiger partial charge in [0.05, 0.1) is 6.20 Å². The number of nitrogens with one attached hydrogen (secondary N) is 1. The maximum Gasteiger partial charge on any atom is 0.253 e. The molecule has 7 heteroatoms. The standard InChI is InChI=1S/C11H12N6S/c1-7-3-8(2)17-10(14-7)15-11(16-17)18-6-9-4-12-13-5-9/h3-5H,6H2,1-2H3,(H,12,13). The van der Waals surface area contributed by atoms with Gasteiger partial charge in [-0.05, 0) is 19.9 Å². The molecule has 0 amide bonds. The SMILES string of the molecule is Cc1cc(C)n2nc(SCc3cn[nH]c3)nc2n1. The van der Waals surface area contributed by atoms with Crippen molar-refractivity contribution in [1.29, 1.82) is 0 Å². The van der Waals surface area contributed by atoms with Crippen LogP contribution in [0.25, 0.3) is 5.78 Å². The molecular weight excluding hydrogens is 248 g/mol. The number of hydrogen-bond acceptors (Lipinski definition) is 5. The summed E-state index contributed by atoms with van der Waals surface area (Å²) in [7, 11) is 0. The minimum Gasteiger partial charge on any atom is -0.285 e. The minimum absolute atomic E-state index is 0.655. The van der Waals surface area contributed by atoms with E-state index >= 15 is 0 Å². The van der Waals surface area contributed by atoms with Crippen LogP contribution < -0.4 is 0 Å². The monoisotopic (exact) mass is 260 g/mol. The van der Waals surface area contributed by atoms with Crippen molar-refractivity contribution in [1.82, 2.24) is 29.8 Å². The van der Waals surface area contributed by atoms with Gasteiger partial charge in [0.1, 0.15) is 0 Å². The molecule has 0 aromatic carbocycles. The summed E-state index contributed by atoms with van der Waals surface area (Å²) in [6.07, 6.45) is 3.67. The van der Waals surface area contributed by atoms with Gasteiger partial charge in [0.15, 0.2) is 0 Å². The first-order valence-corrected chi connectivity index (χ1v) is 6.52. The van der Waals surface area contributed by atoms with Crippen molar-refractivity contribution < 1.29 is 0 Å². The van der Waals surface area contributed by atoms with Crippen molar-refractivity contribution in [3.63, 3.8) is 0 Å². The molecular formula is C11H12N6S. The number of aromatic nitrogens is 6. The van der Waals surface area contributed by atoms with E-state index in [1.54, 1.807) is 22.5 Å². The number of hydrogen-bond donors (Lipinski definition) is 1. The van der Waals surface area contributed by atoms with Crippen molar-refractivity contribution >= 4 is 17.5 Å². The second-order valence-electron chi connectivity index (χ2n) is 4.04. The van der Waals surface area contributed by atoms with Gasteiger partial charge in [-0.3, -0.25) is 5.10 Å². The topological polar surface area (TPSA) is 71.8 Å². The third kappa shape index (κ3) is 2.08. The van der Waals surface area contributed by atoms with Crippen LogP contribution in [0.2, 0.25) is 0 Å². The fourth-order valence-electron chi connectivity index (χ4n) is 1.71.